The standard InChI is InChI=1S/C15H17N3O4/c1-17-6-4-9(5-7-17)13-8-12(19)10-2-3-11(16)14(18(20)21)15(10)22-13/h2-3,8-9H,4-7,16H2,1H3. The zero-order chi connectivity index (χ0) is 15.9. The summed E-state index contributed by atoms with van der Waals surface area (Å²) >= 11 is 0. The van der Waals surface area contributed by atoms with E-state index in [4.69, 9.17) is 10.2 Å². The molecule has 3 rings (SSSR count). The molecule has 0 atom stereocenters. The molecule has 0 unspecified atom stereocenters. The Morgan fingerprint density at radius 1 is 1.36 bits per heavy atom. The first kappa shape index (κ1) is 14.5. The Hall–Kier alpha value is -2.41. The lowest BCUT2D eigenvalue weighted by molar-refractivity contribution is -0.382. The lowest BCUT2D eigenvalue weighted by Gasteiger charge is -2.28. The lowest BCUT2D eigenvalue weighted by atomic mass is 9.94. The van der Waals surface area contributed by atoms with Crippen LogP contribution in [0.4, 0.5) is 11.4 Å². The van der Waals surface area contributed by atoms with E-state index in [1.54, 1.807) is 0 Å². The molecule has 22 heavy (non-hydrogen) atoms. The maximum absolute atomic E-state index is 12.3. The Kier molecular flexibility index (Phi) is 3.58. The summed E-state index contributed by atoms with van der Waals surface area (Å²) in [6.07, 6.45) is 1.72. The van der Waals surface area contributed by atoms with Crippen LogP contribution in [0.5, 0.6) is 0 Å². The zero-order valence-electron chi connectivity index (χ0n) is 12.2. The number of rotatable bonds is 2. The van der Waals surface area contributed by atoms with Gasteiger partial charge in [-0.25, -0.2) is 0 Å². The fraction of sp³-hybridized carbons (Fsp3) is 0.400. The van der Waals surface area contributed by atoms with Gasteiger partial charge in [0.25, 0.3) is 0 Å². The van der Waals surface area contributed by atoms with Gasteiger partial charge in [0.05, 0.1) is 10.3 Å². The zero-order valence-corrected chi connectivity index (χ0v) is 12.2. The molecule has 0 saturated carbocycles. The molecule has 0 radical (unpaired) electrons. The highest BCUT2D eigenvalue weighted by molar-refractivity contribution is 5.91. The molecule has 7 heteroatoms. The van der Waals surface area contributed by atoms with Gasteiger partial charge in [-0.05, 0) is 45.1 Å². The third kappa shape index (κ3) is 2.43. The van der Waals surface area contributed by atoms with Crippen LogP contribution in [0.2, 0.25) is 0 Å². The van der Waals surface area contributed by atoms with E-state index >= 15 is 0 Å². The minimum absolute atomic E-state index is 0.00109. The molecular formula is C15H17N3O4. The number of nitrogens with zero attached hydrogens (tertiary/aromatic N) is 2. The molecule has 2 aromatic rings. The van der Waals surface area contributed by atoms with E-state index in [1.807, 2.05) is 7.05 Å². The highest BCUT2D eigenvalue weighted by Gasteiger charge is 2.25. The largest absolute Gasteiger partial charge is 0.453 e. The quantitative estimate of drug-likeness (QED) is 0.517. The summed E-state index contributed by atoms with van der Waals surface area (Å²) in [5.41, 5.74) is 5.06. The topological polar surface area (TPSA) is 103 Å². The van der Waals surface area contributed by atoms with Crippen LogP contribution < -0.4 is 11.2 Å². The molecule has 2 heterocycles. The lowest BCUT2D eigenvalue weighted by Crippen LogP contribution is -2.29. The molecule has 0 spiro atoms. The predicted molar refractivity (Wildman–Crippen MR) is 83.0 cm³/mol. The van der Waals surface area contributed by atoms with Crippen molar-refractivity contribution in [3.05, 3.63) is 44.3 Å². The van der Waals surface area contributed by atoms with E-state index in [-0.39, 0.29) is 33.7 Å². The maximum Gasteiger partial charge on any atom is 0.334 e. The number of benzene rings is 1. The fourth-order valence-electron chi connectivity index (χ4n) is 2.92. The van der Waals surface area contributed by atoms with Gasteiger partial charge in [0.2, 0.25) is 5.58 Å². The van der Waals surface area contributed by atoms with Crippen LogP contribution in [0.3, 0.4) is 0 Å². The van der Waals surface area contributed by atoms with Gasteiger partial charge in [0.1, 0.15) is 11.4 Å². The maximum atomic E-state index is 12.3. The van der Waals surface area contributed by atoms with Crippen molar-refractivity contribution in [1.29, 1.82) is 0 Å². The number of hydrogen-bond acceptors (Lipinski definition) is 6. The molecule has 0 amide bonds. The van der Waals surface area contributed by atoms with Gasteiger partial charge in [0.15, 0.2) is 5.43 Å². The Morgan fingerprint density at radius 2 is 2.05 bits per heavy atom. The Labute approximate surface area is 126 Å². The average molecular weight is 303 g/mol. The van der Waals surface area contributed by atoms with E-state index in [1.165, 1.54) is 18.2 Å². The first-order valence-electron chi connectivity index (χ1n) is 7.16. The molecule has 1 aromatic carbocycles. The normalized spacial score (nSPS) is 17.0. The van der Waals surface area contributed by atoms with E-state index in [0.717, 1.165) is 25.9 Å². The molecule has 2 N–H and O–H groups in total. The monoisotopic (exact) mass is 303 g/mol. The summed E-state index contributed by atoms with van der Waals surface area (Å²) in [6, 6.07) is 4.30. The van der Waals surface area contributed by atoms with Crippen LogP contribution in [-0.2, 0) is 0 Å². The van der Waals surface area contributed by atoms with E-state index < -0.39 is 4.92 Å². The summed E-state index contributed by atoms with van der Waals surface area (Å²) in [5, 5.41) is 11.4. The third-order valence-electron chi connectivity index (χ3n) is 4.22. The number of hydrogen-bond donors (Lipinski definition) is 1. The van der Waals surface area contributed by atoms with Crippen LogP contribution in [-0.4, -0.2) is 30.0 Å². The van der Waals surface area contributed by atoms with Crippen molar-refractivity contribution in [2.24, 2.45) is 0 Å². The first-order chi connectivity index (χ1) is 10.5. The number of likely N-dealkylation sites (tertiary alicyclic amines) is 1. The summed E-state index contributed by atoms with van der Waals surface area (Å²) in [4.78, 5) is 25.1. The van der Waals surface area contributed by atoms with Crippen molar-refractivity contribution in [2.75, 3.05) is 25.9 Å². The van der Waals surface area contributed by atoms with Gasteiger partial charge in [-0.3, -0.25) is 14.9 Å². The van der Waals surface area contributed by atoms with Crippen molar-refractivity contribution in [3.63, 3.8) is 0 Å². The molecular weight excluding hydrogens is 286 g/mol. The molecule has 1 aliphatic rings. The Bertz CT molecular complexity index is 791. The van der Waals surface area contributed by atoms with Crippen LogP contribution in [0.15, 0.2) is 27.4 Å². The van der Waals surface area contributed by atoms with Gasteiger partial charge in [-0.1, -0.05) is 0 Å². The molecule has 0 aliphatic carbocycles. The van der Waals surface area contributed by atoms with Crippen LogP contribution in [0, 0.1) is 10.1 Å². The van der Waals surface area contributed by atoms with Crippen molar-refractivity contribution in [1.82, 2.24) is 4.90 Å². The second-order valence-corrected chi connectivity index (χ2v) is 5.73. The molecule has 116 valence electrons. The summed E-state index contributed by atoms with van der Waals surface area (Å²) in [5.74, 6) is 0.619. The number of fused-ring (bicyclic) bond motifs is 1. The van der Waals surface area contributed by atoms with Gasteiger partial charge in [0, 0.05) is 12.0 Å². The summed E-state index contributed by atoms with van der Waals surface area (Å²) < 4.78 is 5.75. The molecule has 1 aromatic heterocycles. The van der Waals surface area contributed by atoms with Gasteiger partial charge < -0.3 is 15.1 Å². The SMILES string of the molecule is CN1CCC(c2cc(=O)c3ccc(N)c([N+](=O)[O-])c3o2)CC1. The highest BCUT2D eigenvalue weighted by atomic mass is 16.6. The van der Waals surface area contributed by atoms with Crippen molar-refractivity contribution < 1.29 is 9.34 Å². The smallest absolute Gasteiger partial charge is 0.334 e. The molecule has 7 nitrogen and oxygen atoms in total. The Morgan fingerprint density at radius 3 is 2.68 bits per heavy atom. The number of nitrogens with two attached hydrogens (primary N) is 1. The summed E-state index contributed by atoms with van der Waals surface area (Å²) in [7, 11) is 2.04. The minimum Gasteiger partial charge on any atom is -0.453 e. The fourth-order valence-corrected chi connectivity index (χ4v) is 2.92. The highest BCUT2D eigenvalue weighted by Crippen LogP contribution is 2.34. The predicted octanol–water partition coefficient (Wildman–Crippen LogP) is 2.09. The number of nitrogen functional groups attached to an aromatic ring is 1. The van der Waals surface area contributed by atoms with E-state index in [0.29, 0.717) is 5.76 Å². The van der Waals surface area contributed by atoms with Crippen LogP contribution >= 0.6 is 0 Å². The van der Waals surface area contributed by atoms with Gasteiger partial charge >= 0.3 is 5.69 Å². The average Bonchev–Trinajstić information content (AvgIpc) is 2.47. The third-order valence-corrected chi connectivity index (χ3v) is 4.22. The second kappa shape index (κ2) is 5.42. The van der Waals surface area contributed by atoms with Gasteiger partial charge in [-0.2, -0.15) is 0 Å². The number of nitro benzene ring substituents is 1. The molecule has 1 fully saturated rings. The number of anilines is 1. The molecule has 1 saturated heterocycles. The molecule has 0 bridgehead atoms. The second-order valence-electron chi connectivity index (χ2n) is 5.73. The molecule has 1 aliphatic heterocycles. The van der Waals surface area contributed by atoms with Crippen LogP contribution in [0.1, 0.15) is 24.5 Å². The summed E-state index contributed by atoms with van der Waals surface area (Å²) in [6.45, 7) is 1.82. The van der Waals surface area contributed by atoms with E-state index in [9.17, 15) is 14.9 Å². The number of nitro groups is 1. The first-order valence-corrected chi connectivity index (χ1v) is 7.16. The minimum atomic E-state index is -0.598. The van der Waals surface area contributed by atoms with Crippen molar-refractivity contribution in [3.8, 4) is 0 Å². The Balaban J connectivity index is 2.16. The van der Waals surface area contributed by atoms with E-state index in [2.05, 4.69) is 4.90 Å². The van der Waals surface area contributed by atoms with Crippen molar-refractivity contribution >= 4 is 22.3 Å². The van der Waals surface area contributed by atoms with Crippen molar-refractivity contribution in [2.45, 2.75) is 18.8 Å². The van der Waals surface area contributed by atoms with Gasteiger partial charge in [-0.15, -0.1) is 0 Å². The number of piperidine rings is 1. The van der Waals surface area contributed by atoms with Crippen LogP contribution in [0.25, 0.3) is 11.0 Å².